The van der Waals surface area contributed by atoms with Gasteiger partial charge in [0.15, 0.2) is 0 Å². The number of rotatable bonds is 2. The molecule has 3 heteroatoms. The minimum Gasteiger partial charge on any atom is -0.250 e. The number of aromatic nitrogens is 1. The quantitative estimate of drug-likeness (QED) is 0.704. The molecule has 1 saturated carbocycles. The van der Waals surface area contributed by atoms with E-state index >= 15 is 0 Å². The van der Waals surface area contributed by atoms with Crippen molar-refractivity contribution in [3.05, 3.63) is 16.1 Å². The second-order valence-corrected chi connectivity index (χ2v) is 6.35. The van der Waals surface area contributed by atoms with Crippen molar-refractivity contribution in [2.75, 3.05) is 0 Å². The Bertz CT molecular complexity index is 323. The van der Waals surface area contributed by atoms with Gasteiger partial charge in [-0.15, -0.1) is 22.9 Å². The van der Waals surface area contributed by atoms with Crippen molar-refractivity contribution in [1.82, 2.24) is 4.98 Å². The van der Waals surface area contributed by atoms with Gasteiger partial charge in [0.05, 0.1) is 5.01 Å². The van der Waals surface area contributed by atoms with Gasteiger partial charge >= 0.3 is 0 Å². The van der Waals surface area contributed by atoms with Crippen LogP contribution in [0.2, 0.25) is 0 Å². The van der Waals surface area contributed by atoms with Gasteiger partial charge in [-0.05, 0) is 38.0 Å². The summed E-state index contributed by atoms with van der Waals surface area (Å²) in [7, 11) is 0. The van der Waals surface area contributed by atoms with E-state index < -0.39 is 0 Å². The van der Waals surface area contributed by atoms with Crippen LogP contribution in [0.1, 0.15) is 48.4 Å². The number of aryl methyl sites for hydroxylation is 1. The molecule has 84 valence electrons. The number of nitrogens with zero attached hydrogens (tertiary/aromatic N) is 1. The van der Waals surface area contributed by atoms with E-state index in [1.165, 1.54) is 29.1 Å². The fourth-order valence-electron chi connectivity index (χ4n) is 2.57. The molecule has 3 unspecified atom stereocenters. The molecule has 1 aliphatic carbocycles. The zero-order valence-corrected chi connectivity index (χ0v) is 10.9. The third-order valence-corrected chi connectivity index (χ3v) is 4.90. The topological polar surface area (TPSA) is 12.9 Å². The minimum atomic E-state index is 0.375. The largest absolute Gasteiger partial charge is 0.250 e. The highest BCUT2D eigenvalue weighted by Gasteiger charge is 2.30. The van der Waals surface area contributed by atoms with Crippen molar-refractivity contribution in [1.29, 1.82) is 0 Å². The molecule has 0 aromatic carbocycles. The van der Waals surface area contributed by atoms with Gasteiger partial charge in [0.1, 0.15) is 0 Å². The summed E-state index contributed by atoms with van der Waals surface area (Å²) in [6.45, 7) is 4.37. The molecule has 1 aliphatic rings. The molecule has 0 N–H and O–H groups in total. The molecule has 0 aliphatic heterocycles. The predicted molar refractivity (Wildman–Crippen MR) is 66.9 cm³/mol. The van der Waals surface area contributed by atoms with Gasteiger partial charge in [-0.25, -0.2) is 4.98 Å². The summed E-state index contributed by atoms with van der Waals surface area (Å²) in [5.74, 6) is 1.48. The Labute approximate surface area is 101 Å². The molecule has 3 atom stereocenters. The van der Waals surface area contributed by atoms with Crippen LogP contribution in [0.25, 0.3) is 0 Å². The number of alkyl halides is 1. The van der Waals surface area contributed by atoms with Crippen LogP contribution in [-0.4, -0.2) is 10.4 Å². The summed E-state index contributed by atoms with van der Waals surface area (Å²) in [5, 5.41) is 1.55. The predicted octanol–water partition coefficient (Wildman–Crippen LogP) is 4.35. The Morgan fingerprint density at radius 2 is 2.33 bits per heavy atom. The van der Waals surface area contributed by atoms with Crippen molar-refractivity contribution < 1.29 is 0 Å². The molecule has 0 amide bonds. The van der Waals surface area contributed by atoms with E-state index in [-0.39, 0.29) is 0 Å². The molecule has 0 saturated heterocycles. The molecule has 0 bridgehead atoms. The Morgan fingerprint density at radius 3 is 2.93 bits per heavy atom. The van der Waals surface area contributed by atoms with E-state index in [1.807, 2.05) is 11.3 Å². The summed E-state index contributed by atoms with van der Waals surface area (Å²) < 4.78 is 0. The van der Waals surface area contributed by atoms with E-state index in [9.17, 15) is 0 Å². The average molecular weight is 244 g/mol. The first-order valence-corrected chi connectivity index (χ1v) is 7.02. The zero-order valence-electron chi connectivity index (χ0n) is 9.37. The lowest BCUT2D eigenvalue weighted by Crippen LogP contribution is -2.22. The summed E-state index contributed by atoms with van der Waals surface area (Å²) in [5.41, 5.74) is 0. The fourth-order valence-corrected chi connectivity index (χ4v) is 3.88. The molecule has 0 spiro atoms. The second-order valence-electron chi connectivity index (χ2n) is 4.47. The average Bonchev–Trinajstić information content (AvgIpc) is 2.65. The van der Waals surface area contributed by atoms with Crippen LogP contribution >= 0.6 is 22.9 Å². The van der Waals surface area contributed by atoms with E-state index in [0.29, 0.717) is 11.3 Å². The monoisotopic (exact) mass is 243 g/mol. The Balaban J connectivity index is 2.16. The van der Waals surface area contributed by atoms with E-state index in [0.717, 1.165) is 12.3 Å². The van der Waals surface area contributed by atoms with Crippen molar-refractivity contribution in [2.24, 2.45) is 5.92 Å². The highest BCUT2D eigenvalue weighted by Crippen LogP contribution is 2.42. The number of hydrogen-bond acceptors (Lipinski definition) is 2. The third-order valence-electron chi connectivity index (χ3n) is 3.46. The van der Waals surface area contributed by atoms with Crippen LogP contribution in [0, 0.1) is 12.8 Å². The first-order chi connectivity index (χ1) is 7.20. The van der Waals surface area contributed by atoms with Gasteiger partial charge in [-0.3, -0.25) is 0 Å². The van der Waals surface area contributed by atoms with Gasteiger partial charge in [-0.2, -0.15) is 0 Å². The highest BCUT2D eigenvalue weighted by atomic mass is 35.5. The van der Waals surface area contributed by atoms with Gasteiger partial charge in [0.25, 0.3) is 0 Å². The second kappa shape index (κ2) is 4.84. The Hall–Kier alpha value is -0.0800. The van der Waals surface area contributed by atoms with E-state index in [1.54, 1.807) is 0 Å². The van der Waals surface area contributed by atoms with Crippen molar-refractivity contribution >= 4 is 22.9 Å². The molecule has 15 heavy (non-hydrogen) atoms. The van der Waals surface area contributed by atoms with E-state index in [4.69, 9.17) is 11.6 Å². The smallest absolute Gasteiger partial charge is 0.0896 e. The Kier molecular flexibility index (Phi) is 3.68. The molecule has 1 fully saturated rings. The lowest BCUT2D eigenvalue weighted by molar-refractivity contribution is 0.306. The molecular formula is C12H18ClNS. The molecule has 2 rings (SSSR count). The maximum Gasteiger partial charge on any atom is 0.0896 e. The fraction of sp³-hybridized carbons (Fsp3) is 0.750. The standard InChI is InChI=1S/C12H18ClNS/c1-3-9-4-5-10(13)6-11(9)12-7-14-8(2)15-12/h7,9-11H,3-6H2,1-2H3. The molecule has 1 heterocycles. The minimum absolute atomic E-state index is 0.375. The first-order valence-electron chi connectivity index (χ1n) is 5.77. The first kappa shape index (κ1) is 11.4. The van der Waals surface area contributed by atoms with Crippen molar-refractivity contribution in [2.45, 2.75) is 50.8 Å². The highest BCUT2D eigenvalue weighted by molar-refractivity contribution is 7.11. The number of hydrogen-bond donors (Lipinski definition) is 0. The van der Waals surface area contributed by atoms with E-state index in [2.05, 4.69) is 25.0 Å². The molecular weight excluding hydrogens is 226 g/mol. The summed E-state index contributed by atoms with van der Waals surface area (Å²) in [4.78, 5) is 5.81. The zero-order chi connectivity index (χ0) is 10.8. The van der Waals surface area contributed by atoms with Gasteiger partial charge < -0.3 is 0 Å². The van der Waals surface area contributed by atoms with Gasteiger partial charge in [-0.1, -0.05) is 13.3 Å². The van der Waals surface area contributed by atoms with Crippen LogP contribution in [0.4, 0.5) is 0 Å². The SMILES string of the molecule is CCC1CCC(Cl)CC1c1cnc(C)s1. The summed E-state index contributed by atoms with van der Waals surface area (Å²) >= 11 is 8.12. The summed E-state index contributed by atoms with van der Waals surface area (Å²) in [6.07, 6.45) is 6.94. The van der Waals surface area contributed by atoms with Gasteiger partial charge in [0, 0.05) is 16.5 Å². The van der Waals surface area contributed by atoms with Crippen LogP contribution < -0.4 is 0 Å². The van der Waals surface area contributed by atoms with Crippen LogP contribution in [0.3, 0.4) is 0 Å². The normalized spacial score (nSPS) is 31.8. The van der Waals surface area contributed by atoms with Crippen LogP contribution in [0.15, 0.2) is 6.20 Å². The van der Waals surface area contributed by atoms with Crippen LogP contribution in [0.5, 0.6) is 0 Å². The van der Waals surface area contributed by atoms with Crippen LogP contribution in [-0.2, 0) is 0 Å². The lowest BCUT2D eigenvalue weighted by atomic mass is 9.77. The number of thiazole rings is 1. The van der Waals surface area contributed by atoms with Crippen molar-refractivity contribution in [3.63, 3.8) is 0 Å². The maximum atomic E-state index is 6.27. The Morgan fingerprint density at radius 1 is 1.53 bits per heavy atom. The van der Waals surface area contributed by atoms with Gasteiger partial charge in [0.2, 0.25) is 0 Å². The third kappa shape index (κ3) is 2.54. The molecule has 1 aromatic rings. The lowest BCUT2D eigenvalue weighted by Gasteiger charge is -2.32. The maximum absolute atomic E-state index is 6.27. The molecule has 1 nitrogen and oxygen atoms in total. The van der Waals surface area contributed by atoms with Crippen molar-refractivity contribution in [3.8, 4) is 0 Å². The number of halogens is 1. The molecule has 1 aromatic heterocycles. The molecule has 0 radical (unpaired) electrons. The summed E-state index contributed by atoms with van der Waals surface area (Å²) in [6, 6.07) is 0.